The summed E-state index contributed by atoms with van der Waals surface area (Å²) in [6.07, 6.45) is -2.64. The Hall–Kier alpha value is -2.17. The third-order valence-electron chi connectivity index (χ3n) is 2.96. The summed E-state index contributed by atoms with van der Waals surface area (Å²) < 4.78 is 44.8. The Labute approximate surface area is 165 Å². The third-order valence-corrected chi connectivity index (χ3v) is 4.11. The maximum atomic E-state index is 13.4. The first kappa shape index (κ1) is 21.1. The van der Waals surface area contributed by atoms with Crippen LogP contribution in [-0.2, 0) is 15.7 Å². The Bertz CT molecular complexity index is 900. The van der Waals surface area contributed by atoms with Crippen molar-refractivity contribution in [2.75, 3.05) is 6.61 Å². The summed E-state index contributed by atoms with van der Waals surface area (Å²) in [5.41, 5.74) is -2.93. The molecule has 0 radical (unpaired) electrons. The van der Waals surface area contributed by atoms with Crippen molar-refractivity contribution < 1.29 is 27.8 Å². The zero-order valence-corrected chi connectivity index (χ0v) is 15.7. The fourth-order valence-electron chi connectivity index (χ4n) is 1.89. The zero-order valence-electron chi connectivity index (χ0n) is 13.4. The Morgan fingerprint density at radius 3 is 2.70 bits per heavy atom. The number of carbonyl (C=O) groups excluding carboxylic acids is 1. The van der Waals surface area contributed by atoms with Gasteiger partial charge in [-0.15, -0.1) is 11.3 Å². The first-order chi connectivity index (χ1) is 12.6. The van der Waals surface area contributed by atoms with Gasteiger partial charge < -0.3 is 9.84 Å². The highest BCUT2D eigenvalue weighted by Crippen LogP contribution is 2.39. The smallest absolute Gasteiger partial charge is 0.417 e. The van der Waals surface area contributed by atoms with Crippen LogP contribution in [-0.4, -0.2) is 33.9 Å². The van der Waals surface area contributed by atoms with E-state index in [4.69, 9.17) is 27.9 Å². The minimum atomic E-state index is -4.92. The number of aliphatic imine (C=N–C) groups is 1. The van der Waals surface area contributed by atoms with Crippen LogP contribution in [0.3, 0.4) is 0 Å². The molecule has 0 spiro atoms. The molecule has 2 aromatic rings. The summed E-state index contributed by atoms with van der Waals surface area (Å²) in [6, 6.07) is 0.486. The van der Waals surface area contributed by atoms with Gasteiger partial charge in [0.2, 0.25) is 5.13 Å². The number of thiazole rings is 1. The number of esters is 1. The predicted molar refractivity (Wildman–Crippen MR) is 95.7 cm³/mol. The van der Waals surface area contributed by atoms with Gasteiger partial charge in [-0.1, -0.05) is 23.2 Å². The van der Waals surface area contributed by atoms with Gasteiger partial charge in [0.1, 0.15) is 21.6 Å². The molecule has 0 aliphatic carbocycles. The normalized spacial score (nSPS) is 13.0. The number of hydrogen-bond acceptors (Lipinski definition) is 7. The fraction of sp³-hybridized carbons (Fsp3) is 0.200. The van der Waals surface area contributed by atoms with Crippen LogP contribution in [0.5, 0.6) is 0 Å². The van der Waals surface area contributed by atoms with Gasteiger partial charge in [-0.25, -0.2) is 19.8 Å². The van der Waals surface area contributed by atoms with Crippen LogP contribution in [0.4, 0.5) is 18.3 Å². The predicted octanol–water partition coefficient (Wildman–Crippen LogP) is 5.10. The Kier molecular flexibility index (Phi) is 6.79. The van der Waals surface area contributed by atoms with E-state index in [-0.39, 0.29) is 11.7 Å². The molecule has 0 atom stereocenters. The summed E-state index contributed by atoms with van der Waals surface area (Å²) >= 11 is 12.4. The molecule has 0 aliphatic rings. The molecular formula is C15H10Cl2F3N3O3S. The van der Waals surface area contributed by atoms with Crippen molar-refractivity contribution in [3.63, 3.8) is 0 Å². The van der Waals surface area contributed by atoms with E-state index in [1.165, 1.54) is 13.1 Å². The number of pyridine rings is 1. The molecule has 0 saturated carbocycles. The molecule has 144 valence electrons. The molecule has 0 amide bonds. The number of alkyl halides is 3. The molecule has 2 heterocycles. The average molecular weight is 440 g/mol. The number of carbonyl (C=O) groups is 1. The maximum absolute atomic E-state index is 13.4. The molecule has 0 bridgehead atoms. The van der Waals surface area contributed by atoms with Crippen molar-refractivity contribution in [2.24, 2.45) is 4.99 Å². The quantitative estimate of drug-likeness (QED) is 0.230. The van der Waals surface area contributed by atoms with E-state index < -0.39 is 44.9 Å². The standard InChI is InChI=1S/C15H10Cl2F3N3O3S/c1-2-26-13(25)7(6-22-14-21-3-4-27-14)11(24)10-8(15(18,19)20)5-9(16)23-12(10)17/h3-6,24H,2H2,1H3. The molecule has 0 fully saturated rings. The minimum absolute atomic E-state index is 0.0839. The van der Waals surface area contributed by atoms with Crippen molar-refractivity contribution in [1.29, 1.82) is 0 Å². The molecule has 1 N–H and O–H groups in total. The van der Waals surface area contributed by atoms with E-state index in [1.54, 1.807) is 5.38 Å². The minimum Gasteiger partial charge on any atom is -0.506 e. The Morgan fingerprint density at radius 2 is 2.15 bits per heavy atom. The van der Waals surface area contributed by atoms with Crippen LogP contribution in [0.25, 0.3) is 5.76 Å². The molecule has 12 heteroatoms. The molecule has 2 rings (SSSR count). The lowest BCUT2D eigenvalue weighted by atomic mass is 10.0. The summed E-state index contributed by atoms with van der Waals surface area (Å²) in [5, 5.41) is 11.0. The highest BCUT2D eigenvalue weighted by molar-refractivity contribution is 7.13. The zero-order chi connectivity index (χ0) is 20.2. The average Bonchev–Trinajstić information content (AvgIpc) is 3.07. The molecule has 27 heavy (non-hydrogen) atoms. The molecule has 0 aliphatic heterocycles. The van der Waals surface area contributed by atoms with Crippen molar-refractivity contribution in [3.8, 4) is 0 Å². The van der Waals surface area contributed by atoms with Gasteiger partial charge in [0, 0.05) is 17.8 Å². The van der Waals surface area contributed by atoms with Gasteiger partial charge in [-0.05, 0) is 13.0 Å². The molecular weight excluding hydrogens is 430 g/mol. The number of ether oxygens (including phenoxy) is 1. The third kappa shape index (κ3) is 5.18. The number of nitrogens with zero attached hydrogens (tertiary/aromatic N) is 3. The van der Waals surface area contributed by atoms with Crippen molar-refractivity contribution >= 4 is 57.6 Å². The lowest BCUT2D eigenvalue weighted by Gasteiger charge is -2.15. The van der Waals surface area contributed by atoms with Gasteiger partial charge in [-0.3, -0.25) is 0 Å². The SMILES string of the molecule is CCOC(=O)C(C=Nc1nccs1)=C(O)c1c(C(F)(F)F)cc(Cl)nc1Cl. The topological polar surface area (TPSA) is 84.7 Å². The monoisotopic (exact) mass is 439 g/mol. The van der Waals surface area contributed by atoms with Crippen LogP contribution < -0.4 is 0 Å². The highest BCUT2D eigenvalue weighted by atomic mass is 35.5. The second-order valence-corrected chi connectivity index (χ2v) is 6.33. The largest absolute Gasteiger partial charge is 0.506 e. The lowest BCUT2D eigenvalue weighted by molar-refractivity contribution is -0.139. The Balaban J connectivity index is 2.70. The van der Waals surface area contributed by atoms with Gasteiger partial charge in [0.15, 0.2) is 0 Å². The molecule has 0 aromatic carbocycles. The number of halogens is 5. The van der Waals surface area contributed by atoms with Crippen LogP contribution >= 0.6 is 34.5 Å². The number of hydrogen-bond donors (Lipinski definition) is 1. The van der Waals surface area contributed by atoms with E-state index >= 15 is 0 Å². The first-order valence-electron chi connectivity index (χ1n) is 7.12. The van der Waals surface area contributed by atoms with E-state index in [1.807, 2.05) is 0 Å². The van der Waals surface area contributed by atoms with Gasteiger partial charge in [0.05, 0.1) is 17.7 Å². The van der Waals surface area contributed by atoms with Crippen LogP contribution in [0.2, 0.25) is 10.3 Å². The number of aliphatic hydroxyl groups is 1. The number of aromatic nitrogens is 2. The van der Waals surface area contributed by atoms with E-state index in [0.717, 1.165) is 17.6 Å². The number of aliphatic hydroxyl groups excluding tert-OH is 1. The first-order valence-corrected chi connectivity index (χ1v) is 8.76. The van der Waals surface area contributed by atoms with Crippen molar-refractivity contribution in [1.82, 2.24) is 9.97 Å². The molecule has 0 unspecified atom stereocenters. The fourth-order valence-corrected chi connectivity index (χ4v) is 2.88. The molecule has 0 saturated heterocycles. The van der Waals surface area contributed by atoms with E-state index in [2.05, 4.69) is 15.0 Å². The Morgan fingerprint density at radius 1 is 1.44 bits per heavy atom. The van der Waals surface area contributed by atoms with Crippen LogP contribution in [0.1, 0.15) is 18.1 Å². The summed E-state index contributed by atoms with van der Waals surface area (Å²) in [4.78, 5) is 23.3. The molecule has 6 nitrogen and oxygen atoms in total. The lowest BCUT2D eigenvalue weighted by Crippen LogP contribution is -2.15. The summed E-state index contributed by atoms with van der Waals surface area (Å²) in [7, 11) is 0. The molecule has 2 aromatic heterocycles. The summed E-state index contributed by atoms with van der Waals surface area (Å²) in [6.45, 7) is 1.40. The van der Waals surface area contributed by atoms with Gasteiger partial charge >= 0.3 is 12.1 Å². The maximum Gasteiger partial charge on any atom is 0.417 e. The van der Waals surface area contributed by atoms with Gasteiger partial charge in [-0.2, -0.15) is 13.2 Å². The second kappa shape index (κ2) is 8.68. The highest BCUT2D eigenvalue weighted by Gasteiger charge is 2.37. The van der Waals surface area contributed by atoms with Gasteiger partial charge in [0.25, 0.3) is 0 Å². The number of rotatable bonds is 5. The van der Waals surface area contributed by atoms with E-state index in [9.17, 15) is 23.1 Å². The second-order valence-electron chi connectivity index (χ2n) is 4.71. The summed E-state index contributed by atoms with van der Waals surface area (Å²) in [5.74, 6) is -2.20. The van der Waals surface area contributed by atoms with Crippen molar-refractivity contribution in [3.05, 3.63) is 44.6 Å². The van der Waals surface area contributed by atoms with Crippen LogP contribution in [0.15, 0.2) is 28.2 Å². The van der Waals surface area contributed by atoms with Crippen LogP contribution in [0, 0.1) is 0 Å². The van der Waals surface area contributed by atoms with E-state index in [0.29, 0.717) is 6.07 Å². The van der Waals surface area contributed by atoms with Crippen molar-refractivity contribution in [2.45, 2.75) is 13.1 Å².